The Morgan fingerprint density at radius 1 is 1.67 bits per heavy atom. The molecule has 0 aliphatic rings. The average Bonchev–Trinajstić information content (AvgIpc) is 2.62. The first-order valence-corrected chi connectivity index (χ1v) is 5.00. The van der Waals surface area contributed by atoms with E-state index in [2.05, 4.69) is 15.5 Å². The number of aromatic nitrogens is 2. The minimum atomic E-state index is -0.285. The first-order valence-electron chi connectivity index (χ1n) is 5.00. The van der Waals surface area contributed by atoms with Gasteiger partial charge in [0, 0.05) is 30.3 Å². The van der Waals surface area contributed by atoms with Gasteiger partial charge in [0.25, 0.3) is 0 Å². The quantitative estimate of drug-likeness (QED) is 0.663. The Balaban J connectivity index is 2.20. The minimum Gasteiger partial charge on any atom is -0.352 e. The maximum atomic E-state index is 11.4. The van der Waals surface area contributed by atoms with Crippen molar-refractivity contribution in [3.05, 3.63) is 18.0 Å². The fraction of sp³-hybridized carbons (Fsp3) is 0.600. The highest BCUT2D eigenvalue weighted by molar-refractivity contribution is 5.75. The molecule has 1 heterocycles. The highest BCUT2D eigenvalue weighted by Gasteiger charge is 2.12. The molecular formula is C10H18N4O. The first kappa shape index (κ1) is 11.7. The molecule has 0 aromatic carbocycles. The molecule has 5 heteroatoms. The third-order valence-electron chi connectivity index (χ3n) is 2.04. The van der Waals surface area contributed by atoms with Crippen LogP contribution in [0.15, 0.2) is 12.4 Å². The van der Waals surface area contributed by atoms with Gasteiger partial charge < -0.3 is 11.1 Å². The third-order valence-corrected chi connectivity index (χ3v) is 2.04. The first-order chi connectivity index (χ1) is 6.97. The summed E-state index contributed by atoms with van der Waals surface area (Å²) in [4.78, 5) is 11.4. The normalized spacial score (nSPS) is 11.4. The number of nitrogens with zero attached hydrogens (tertiary/aromatic N) is 1. The van der Waals surface area contributed by atoms with Crippen LogP contribution in [0.1, 0.15) is 32.3 Å². The van der Waals surface area contributed by atoms with Gasteiger partial charge in [0.2, 0.25) is 5.91 Å². The van der Waals surface area contributed by atoms with Crippen LogP contribution in [0.25, 0.3) is 0 Å². The molecule has 4 N–H and O–H groups in total. The summed E-state index contributed by atoms with van der Waals surface area (Å²) in [7, 11) is 0. The number of rotatable bonds is 5. The minimum absolute atomic E-state index is 0.0229. The molecule has 0 radical (unpaired) electrons. The maximum absolute atomic E-state index is 11.4. The van der Waals surface area contributed by atoms with Gasteiger partial charge in [-0.2, -0.15) is 5.10 Å². The predicted octanol–water partition coefficient (Wildman–Crippen LogP) is 0.543. The van der Waals surface area contributed by atoms with Crippen molar-refractivity contribution < 1.29 is 4.79 Å². The van der Waals surface area contributed by atoms with Crippen LogP contribution in [0.4, 0.5) is 0 Å². The van der Waals surface area contributed by atoms with E-state index in [0.717, 1.165) is 5.56 Å². The molecule has 0 aliphatic heterocycles. The second kappa shape index (κ2) is 4.93. The lowest BCUT2D eigenvalue weighted by Gasteiger charge is -2.17. The van der Waals surface area contributed by atoms with Crippen LogP contribution in [0.3, 0.4) is 0 Å². The molecule has 1 rings (SSSR count). The summed E-state index contributed by atoms with van der Waals surface area (Å²) in [6.07, 6.45) is 4.59. The summed E-state index contributed by atoms with van der Waals surface area (Å²) in [5.41, 5.74) is 6.46. The SMILES string of the molecule is CC(C)(N)CCC(=O)NCc1cn[nH]c1. The zero-order chi connectivity index (χ0) is 11.3. The van der Waals surface area contributed by atoms with Crippen molar-refractivity contribution in [1.29, 1.82) is 0 Å². The lowest BCUT2D eigenvalue weighted by Crippen LogP contribution is -2.34. The molecule has 1 aromatic heterocycles. The Bertz CT molecular complexity index is 300. The van der Waals surface area contributed by atoms with Gasteiger partial charge in [0.05, 0.1) is 6.20 Å². The summed E-state index contributed by atoms with van der Waals surface area (Å²) >= 11 is 0. The van der Waals surface area contributed by atoms with Gasteiger partial charge in [-0.25, -0.2) is 0 Å². The summed E-state index contributed by atoms with van der Waals surface area (Å²) in [5.74, 6) is 0.0229. The highest BCUT2D eigenvalue weighted by Crippen LogP contribution is 2.06. The van der Waals surface area contributed by atoms with E-state index in [1.54, 1.807) is 12.4 Å². The molecule has 0 saturated carbocycles. The number of carbonyl (C=O) groups excluding carboxylic acids is 1. The van der Waals surface area contributed by atoms with Gasteiger partial charge in [-0.15, -0.1) is 0 Å². The van der Waals surface area contributed by atoms with Crippen molar-refractivity contribution in [2.75, 3.05) is 0 Å². The van der Waals surface area contributed by atoms with Crippen LogP contribution >= 0.6 is 0 Å². The topological polar surface area (TPSA) is 83.8 Å². The Morgan fingerprint density at radius 2 is 2.40 bits per heavy atom. The van der Waals surface area contributed by atoms with E-state index in [9.17, 15) is 4.79 Å². The average molecular weight is 210 g/mol. The van der Waals surface area contributed by atoms with Crippen molar-refractivity contribution in [1.82, 2.24) is 15.5 Å². The van der Waals surface area contributed by atoms with Crippen LogP contribution in [-0.4, -0.2) is 21.6 Å². The Morgan fingerprint density at radius 3 is 2.93 bits per heavy atom. The number of amides is 1. The van der Waals surface area contributed by atoms with Crippen molar-refractivity contribution >= 4 is 5.91 Å². The molecule has 0 atom stereocenters. The van der Waals surface area contributed by atoms with E-state index in [1.807, 2.05) is 13.8 Å². The molecule has 0 saturated heterocycles. The van der Waals surface area contributed by atoms with Crippen molar-refractivity contribution in [2.45, 2.75) is 38.8 Å². The molecule has 15 heavy (non-hydrogen) atoms. The number of aromatic amines is 1. The summed E-state index contributed by atoms with van der Waals surface area (Å²) in [6, 6.07) is 0. The molecule has 84 valence electrons. The molecule has 0 aliphatic carbocycles. The fourth-order valence-electron chi connectivity index (χ4n) is 1.10. The van der Waals surface area contributed by atoms with Crippen LogP contribution in [0.2, 0.25) is 0 Å². The highest BCUT2D eigenvalue weighted by atomic mass is 16.1. The maximum Gasteiger partial charge on any atom is 0.220 e. The number of carbonyl (C=O) groups is 1. The zero-order valence-corrected chi connectivity index (χ0v) is 9.21. The summed E-state index contributed by atoms with van der Waals surface area (Å²) in [5, 5.41) is 9.28. The Labute approximate surface area is 89.4 Å². The second-order valence-electron chi connectivity index (χ2n) is 4.37. The largest absolute Gasteiger partial charge is 0.352 e. The molecule has 0 fully saturated rings. The summed E-state index contributed by atoms with van der Waals surface area (Å²) < 4.78 is 0. The van der Waals surface area contributed by atoms with Gasteiger partial charge in [-0.1, -0.05) is 0 Å². The van der Waals surface area contributed by atoms with Crippen LogP contribution < -0.4 is 11.1 Å². The molecule has 0 spiro atoms. The second-order valence-corrected chi connectivity index (χ2v) is 4.37. The number of H-pyrrole nitrogens is 1. The predicted molar refractivity (Wildman–Crippen MR) is 57.9 cm³/mol. The van der Waals surface area contributed by atoms with Gasteiger partial charge >= 0.3 is 0 Å². The van der Waals surface area contributed by atoms with Gasteiger partial charge in [0.15, 0.2) is 0 Å². The number of hydrogen-bond donors (Lipinski definition) is 3. The molecular weight excluding hydrogens is 192 g/mol. The van der Waals surface area contributed by atoms with Gasteiger partial charge in [-0.3, -0.25) is 9.89 Å². The van der Waals surface area contributed by atoms with Crippen LogP contribution in [0, 0.1) is 0 Å². The fourth-order valence-corrected chi connectivity index (χ4v) is 1.10. The number of nitrogens with two attached hydrogens (primary N) is 1. The van der Waals surface area contributed by atoms with Crippen molar-refractivity contribution in [3.8, 4) is 0 Å². The molecule has 5 nitrogen and oxygen atoms in total. The van der Waals surface area contributed by atoms with Gasteiger partial charge in [0.1, 0.15) is 0 Å². The molecule has 1 amide bonds. The molecule has 1 aromatic rings. The third kappa shape index (κ3) is 5.17. The standard InChI is InChI=1S/C10H18N4O/c1-10(2,11)4-3-9(15)12-5-8-6-13-14-7-8/h6-7H,3-5,11H2,1-2H3,(H,12,15)(H,13,14). The molecule has 0 unspecified atom stereocenters. The van der Waals surface area contributed by atoms with E-state index in [4.69, 9.17) is 5.73 Å². The van der Waals surface area contributed by atoms with Gasteiger partial charge in [-0.05, 0) is 20.3 Å². The Hall–Kier alpha value is -1.36. The van der Waals surface area contributed by atoms with Crippen LogP contribution in [-0.2, 0) is 11.3 Å². The number of nitrogens with one attached hydrogen (secondary N) is 2. The van der Waals surface area contributed by atoms with E-state index >= 15 is 0 Å². The summed E-state index contributed by atoms with van der Waals surface area (Å²) in [6.45, 7) is 4.34. The Kier molecular flexibility index (Phi) is 3.85. The lowest BCUT2D eigenvalue weighted by molar-refractivity contribution is -0.121. The number of hydrogen-bond acceptors (Lipinski definition) is 3. The van der Waals surface area contributed by atoms with Crippen molar-refractivity contribution in [2.24, 2.45) is 5.73 Å². The zero-order valence-electron chi connectivity index (χ0n) is 9.21. The monoisotopic (exact) mass is 210 g/mol. The van der Waals surface area contributed by atoms with E-state index in [-0.39, 0.29) is 11.4 Å². The smallest absolute Gasteiger partial charge is 0.220 e. The lowest BCUT2D eigenvalue weighted by atomic mass is 10.00. The van der Waals surface area contributed by atoms with E-state index in [1.165, 1.54) is 0 Å². The van der Waals surface area contributed by atoms with Crippen LogP contribution in [0.5, 0.6) is 0 Å². The van der Waals surface area contributed by atoms with Crippen molar-refractivity contribution in [3.63, 3.8) is 0 Å². The van der Waals surface area contributed by atoms with E-state index in [0.29, 0.717) is 19.4 Å². The molecule has 0 bridgehead atoms. The van der Waals surface area contributed by atoms with E-state index < -0.39 is 0 Å².